The second-order valence-electron chi connectivity index (χ2n) is 6.21. The molecule has 2 amide bonds. The predicted molar refractivity (Wildman–Crippen MR) is 95.5 cm³/mol. The van der Waals surface area contributed by atoms with Crippen molar-refractivity contribution in [2.75, 3.05) is 11.9 Å². The van der Waals surface area contributed by atoms with Gasteiger partial charge in [-0.1, -0.05) is 24.3 Å². The Kier molecular flexibility index (Phi) is 4.93. The van der Waals surface area contributed by atoms with Crippen molar-refractivity contribution in [3.8, 4) is 0 Å². The third kappa shape index (κ3) is 4.12. The first-order valence-corrected chi connectivity index (χ1v) is 8.32. The Balaban J connectivity index is 1.65. The van der Waals surface area contributed by atoms with Crippen LogP contribution in [0.4, 0.5) is 5.69 Å². The number of ketones is 1. The van der Waals surface area contributed by atoms with Gasteiger partial charge in [0.15, 0.2) is 5.78 Å². The van der Waals surface area contributed by atoms with Crippen LogP contribution in [0.15, 0.2) is 48.5 Å². The van der Waals surface area contributed by atoms with Crippen molar-refractivity contribution in [2.45, 2.75) is 26.3 Å². The van der Waals surface area contributed by atoms with Gasteiger partial charge in [-0.2, -0.15) is 0 Å². The van der Waals surface area contributed by atoms with E-state index in [9.17, 15) is 14.4 Å². The normalized spacial score (nSPS) is 13.8. The molecule has 0 unspecified atom stereocenters. The molecule has 1 saturated heterocycles. The number of Topliss-reactive ketones (excluding diaryl/α,β-unsaturated/α-hetero) is 1. The van der Waals surface area contributed by atoms with Crippen LogP contribution < -0.4 is 5.32 Å². The molecule has 1 fully saturated rings. The Morgan fingerprint density at radius 1 is 1.08 bits per heavy atom. The zero-order valence-corrected chi connectivity index (χ0v) is 14.1. The van der Waals surface area contributed by atoms with Crippen LogP contribution in [0, 0.1) is 0 Å². The zero-order chi connectivity index (χ0) is 17.8. The average molecular weight is 336 g/mol. The molecule has 0 atom stereocenters. The highest BCUT2D eigenvalue weighted by molar-refractivity contribution is 6.05. The van der Waals surface area contributed by atoms with Crippen molar-refractivity contribution in [2.24, 2.45) is 0 Å². The Bertz CT molecular complexity index is 812. The first-order valence-electron chi connectivity index (χ1n) is 8.32. The van der Waals surface area contributed by atoms with Gasteiger partial charge in [0.25, 0.3) is 5.91 Å². The van der Waals surface area contributed by atoms with E-state index in [1.54, 1.807) is 36.4 Å². The van der Waals surface area contributed by atoms with Gasteiger partial charge in [0, 0.05) is 36.3 Å². The van der Waals surface area contributed by atoms with Crippen molar-refractivity contribution in [3.63, 3.8) is 0 Å². The highest BCUT2D eigenvalue weighted by Gasteiger charge is 2.20. The molecule has 1 aliphatic heterocycles. The molecular weight excluding hydrogens is 316 g/mol. The second-order valence-corrected chi connectivity index (χ2v) is 6.21. The van der Waals surface area contributed by atoms with E-state index in [2.05, 4.69) is 5.32 Å². The van der Waals surface area contributed by atoms with Gasteiger partial charge in [0.05, 0.1) is 0 Å². The van der Waals surface area contributed by atoms with Gasteiger partial charge in [-0.15, -0.1) is 0 Å². The van der Waals surface area contributed by atoms with Crippen LogP contribution in [0.2, 0.25) is 0 Å². The minimum absolute atomic E-state index is 0.0445. The summed E-state index contributed by atoms with van der Waals surface area (Å²) in [6.07, 6.45) is 1.54. The lowest BCUT2D eigenvalue weighted by molar-refractivity contribution is -0.128. The number of hydrogen-bond acceptors (Lipinski definition) is 3. The number of likely N-dealkylation sites (tertiary alicyclic amines) is 1. The summed E-state index contributed by atoms with van der Waals surface area (Å²) < 4.78 is 0. The van der Waals surface area contributed by atoms with Crippen LogP contribution in [0.1, 0.15) is 46.0 Å². The summed E-state index contributed by atoms with van der Waals surface area (Å²) in [5.74, 6) is -0.0893. The van der Waals surface area contributed by atoms with Gasteiger partial charge in [-0.3, -0.25) is 14.4 Å². The van der Waals surface area contributed by atoms with Crippen molar-refractivity contribution in [3.05, 3.63) is 65.2 Å². The number of nitrogens with zero attached hydrogens (tertiary/aromatic N) is 1. The summed E-state index contributed by atoms with van der Waals surface area (Å²) in [6.45, 7) is 2.87. The molecule has 5 nitrogen and oxygen atoms in total. The highest BCUT2D eigenvalue weighted by atomic mass is 16.2. The Morgan fingerprint density at radius 3 is 2.48 bits per heavy atom. The first-order chi connectivity index (χ1) is 12.0. The summed E-state index contributed by atoms with van der Waals surface area (Å²) in [4.78, 5) is 37.3. The van der Waals surface area contributed by atoms with E-state index in [-0.39, 0.29) is 17.6 Å². The van der Waals surface area contributed by atoms with E-state index in [0.29, 0.717) is 29.8 Å². The Labute approximate surface area is 146 Å². The number of amides is 2. The second kappa shape index (κ2) is 7.30. The molecule has 1 heterocycles. The van der Waals surface area contributed by atoms with Gasteiger partial charge in [-0.05, 0) is 43.2 Å². The van der Waals surface area contributed by atoms with Gasteiger partial charge in [-0.25, -0.2) is 0 Å². The molecule has 25 heavy (non-hydrogen) atoms. The van der Waals surface area contributed by atoms with Gasteiger partial charge < -0.3 is 10.2 Å². The summed E-state index contributed by atoms with van der Waals surface area (Å²) >= 11 is 0. The van der Waals surface area contributed by atoms with Gasteiger partial charge >= 0.3 is 0 Å². The molecule has 2 aromatic carbocycles. The third-order valence-electron chi connectivity index (χ3n) is 4.29. The van der Waals surface area contributed by atoms with Crippen LogP contribution >= 0.6 is 0 Å². The molecule has 0 saturated carbocycles. The predicted octanol–water partition coefficient (Wildman–Crippen LogP) is 3.26. The quantitative estimate of drug-likeness (QED) is 0.852. The minimum atomic E-state index is -0.232. The monoisotopic (exact) mass is 336 g/mol. The fourth-order valence-electron chi connectivity index (χ4n) is 2.87. The molecule has 0 spiro atoms. The Morgan fingerprint density at radius 2 is 1.84 bits per heavy atom. The number of carbonyl (C=O) groups is 3. The maximum atomic E-state index is 12.3. The Hall–Kier alpha value is -2.95. The molecule has 0 aliphatic carbocycles. The fourth-order valence-corrected chi connectivity index (χ4v) is 2.87. The number of nitrogens with one attached hydrogen (secondary N) is 1. The van der Waals surface area contributed by atoms with Crippen molar-refractivity contribution in [1.82, 2.24) is 4.90 Å². The average Bonchev–Trinajstić information content (AvgIpc) is 3.00. The van der Waals surface area contributed by atoms with E-state index >= 15 is 0 Å². The number of hydrogen-bond donors (Lipinski definition) is 1. The lowest BCUT2D eigenvalue weighted by atomic mass is 10.1. The van der Waals surface area contributed by atoms with Crippen LogP contribution in [0.5, 0.6) is 0 Å². The lowest BCUT2D eigenvalue weighted by Gasteiger charge is -2.15. The molecule has 1 aliphatic rings. The molecule has 1 N–H and O–H groups in total. The molecule has 0 bridgehead atoms. The van der Waals surface area contributed by atoms with Crippen LogP contribution in [-0.2, 0) is 11.3 Å². The van der Waals surface area contributed by atoms with E-state index < -0.39 is 0 Å². The third-order valence-corrected chi connectivity index (χ3v) is 4.29. The molecule has 3 rings (SSSR count). The van der Waals surface area contributed by atoms with Crippen molar-refractivity contribution < 1.29 is 14.4 Å². The van der Waals surface area contributed by atoms with E-state index in [0.717, 1.165) is 18.5 Å². The SMILES string of the molecule is CC(=O)c1cccc(NC(=O)c2ccc(CN3CCCC3=O)cc2)c1. The molecule has 0 aromatic heterocycles. The number of rotatable bonds is 5. The molecular formula is C20H20N2O3. The molecule has 0 radical (unpaired) electrons. The van der Waals surface area contributed by atoms with Gasteiger partial charge in [0.1, 0.15) is 0 Å². The summed E-state index contributed by atoms with van der Waals surface area (Å²) in [6, 6.07) is 14.1. The number of benzene rings is 2. The first kappa shape index (κ1) is 16.9. The van der Waals surface area contributed by atoms with Crippen LogP contribution in [0.3, 0.4) is 0 Å². The summed E-state index contributed by atoms with van der Waals surface area (Å²) in [7, 11) is 0. The standard InChI is InChI=1S/C20H20N2O3/c1-14(23)17-4-2-5-18(12-17)21-20(25)16-9-7-15(8-10-16)13-22-11-3-6-19(22)24/h2,4-5,7-10,12H,3,6,11,13H2,1H3,(H,21,25). The zero-order valence-electron chi connectivity index (χ0n) is 14.1. The fraction of sp³-hybridized carbons (Fsp3) is 0.250. The van der Waals surface area contributed by atoms with Crippen molar-refractivity contribution >= 4 is 23.3 Å². The largest absolute Gasteiger partial charge is 0.338 e. The highest BCUT2D eigenvalue weighted by Crippen LogP contribution is 2.16. The lowest BCUT2D eigenvalue weighted by Crippen LogP contribution is -2.23. The maximum absolute atomic E-state index is 12.3. The summed E-state index contributed by atoms with van der Waals surface area (Å²) in [5.41, 5.74) is 2.68. The van der Waals surface area contributed by atoms with Crippen LogP contribution in [0.25, 0.3) is 0 Å². The van der Waals surface area contributed by atoms with E-state index in [4.69, 9.17) is 0 Å². The minimum Gasteiger partial charge on any atom is -0.338 e. The molecule has 5 heteroatoms. The molecule has 2 aromatic rings. The van der Waals surface area contributed by atoms with Gasteiger partial charge in [0.2, 0.25) is 5.91 Å². The van der Waals surface area contributed by atoms with Crippen molar-refractivity contribution in [1.29, 1.82) is 0 Å². The summed E-state index contributed by atoms with van der Waals surface area (Å²) in [5, 5.41) is 2.80. The molecule has 128 valence electrons. The van der Waals surface area contributed by atoms with Crippen LogP contribution in [-0.4, -0.2) is 29.0 Å². The smallest absolute Gasteiger partial charge is 0.255 e. The van der Waals surface area contributed by atoms with E-state index in [1.807, 2.05) is 17.0 Å². The number of carbonyl (C=O) groups excluding carboxylic acids is 3. The maximum Gasteiger partial charge on any atom is 0.255 e. The van der Waals surface area contributed by atoms with E-state index in [1.165, 1.54) is 6.92 Å². The topological polar surface area (TPSA) is 66.5 Å². The number of anilines is 1.